The van der Waals surface area contributed by atoms with Crippen molar-refractivity contribution in [2.45, 2.75) is 57.8 Å². The minimum absolute atomic E-state index is 0.182. The van der Waals surface area contributed by atoms with Crippen LogP contribution in [0.4, 0.5) is 0 Å². The monoisotopic (exact) mass is 406 g/mol. The molecular weight excluding hydrogens is 372 g/mol. The van der Waals surface area contributed by atoms with Gasteiger partial charge in [-0.15, -0.1) is 0 Å². The van der Waals surface area contributed by atoms with Crippen LogP contribution in [0.15, 0.2) is 30.3 Å². The van der Waals surface area contributed by atoms with E-state index in [1.807, 2.05) is 0 Å². The molecule has 4 aliphatic rings. The molecule has 4 nitrogen and oxygen atoms in total. The number of hydrogen-bond acceptors (Lipinski definition) is 2. The molecule has 160 valence electrons. The Morgan fingerprint density at radius 2 is 1.43 bits per heavy atom. The summed E-state index contributed by atoms with van der Waals surface area (Å²) in [6.45, 7) is 3.46. The van der Waals surface area contributed by atoms with Gasteiger partial charge in [-0.3, -0.25) is 9.59 Å². The lowest BCUT2D eigenvalue weighted by Crippen LogP contribution is -2.51. The Morgan fingerprint density at radius 1 is 0.800 bits per heavy atom. The number of fused-ring (bicyclic) bond motifs is 3. The molecule has 0 N–H and O–H groups in total. The minimum Gasteiger partial charge on any atom is -0.342 e. The number of amides is 2. The Morgan fingerprint density at radius 3 is 2.13 bits per heavy atom. The summed E-state index contributed by atoms with van der Waals surface area (Å²) in [5.41, 5.74) is 4.04. The molecule has 2 aliphatic heterocycles. The molecule has 2 fully saturated rings. The Balaban J connectivity index is 1.49. The first-order chi connectivity index (χ1) is 14.7. The fourth-order valence-electron chi connectivity index (χ4n) is 6.27. The van der Waals surface area contributed by atoms with Crippen molar-refractivity contribution in [3.63, 3.8) is 0 Å². The number of carbonyl (C=O) groups excluding carboxylic acids is 2. The fraction of sp³-hybridized carbons (Fsp3) is 0.615. The number of aryl methyl sites for hydroxylation is 1. The summed E-state index contributed by atoms with van der Waals surface area (Å²) in [5, 5.41) is 0. The highest BCUT2D eigenvalue weighted by atomic mass is 16.2. The van der Waals surface area contributed by atoms with Crippen molar-refractivity contribution >= 4 is 17.4 Å². The number of nitrogens with zero attached hydrogens (tertiary/aromatic N) is 2. The molecule has 3 atom stereocenters. The summed E-state index contributed by atoms with van der Waals surface area (Å²) in [5.74, 6) is 0.295. The number of likely N-dealkylation sites (tertiary alicyclic amines) is 2. The third-order valence-corrected chi connectivity index (χ3v) is 7.85. The molecule has 1 aromatic rings. The van der Waals surface area contributed by atoms with Gasteiger partial charge in [0.1, 0.15) is 0 Å². The minimum atomic E-state index is -0.189. The van der Waals surface area contributed by atoms with E-state index in [1.165, 1.54) is 29.5 Å². The highest BCUT2D eigenvalue weighted by molar-refractivity contribution is 5.92. The van der Waals surface area contributed by atoms with Crippen molar-refractivity contribution in [3.05, 3.63) is 41.5 Å². The average molecular weight is 407 g/mol. The summed E-state index contributed by atoms with van der Waals surface area (Å²) >= 11 is 0. The van der Waals surface area contributed by atoms with Gasteiger partial charge < -0.3 is 9.80 Å². The van der Waals surface area contributed by atoms with Crippen molar-refractivity contribution in [1.82, 2.24) is 9.80 Å². The second kappa shape index (κ2) is 8.56. The van der Waals surface area contributed by atoms with E-state index in [-0.39, 0.29) is 29.6 Å². The molecule has 1 aromatic carbocycles. The van der Waals surface area contributed by atoms with E-state index in [4.69, 9.17) is 0 Å². The van der Waals surface area contributed by atoms with Gasteiger partial charge in [-0.1, -0.05) is 30.3 Å². The van der Waals surface area contributed by atoms with Gasteiger partial charge in [0.2, 0.25) is 11.8 Å². The first kappa shape index (κ1) is 19.8. The third kappa shape index (κ3) is 3.59. The van der Waals surface area contributed by atoms with Gasteiger partial charge in [0.25, 0.3) is 0 Å². The highest BCUT2D eigenvalue weighted by Gasteiger charge is 2.47. The van der Waals surface area contributed by atoms with E-state index in [0.29, 0.717) is 6.42 Å². The van der Waals surface area contributed by atoms with Crippen molar-refractivity contribution < 1.29 is 9.59 Å². The van der Waals surface area contributed by atoms with E-state index in [9.17, 15) is 9.59 Å². The maximum absolute atomic E-state index is 13.8. The van der Waals surface area contributed by atoms with Crippen LogP contribution in [0, 0.1) is 17.8 Å². The van der Waals surface area contributed by atoms with Gasteiger partial charge in [-0.05, 0) is 80.4 Å². The zero-order valence-corrected chi connectivity index (χ0v) is 18.0. The summed E-state index contributed by atoms with van der Waals surface area (Å²) in [4.78, 5) is 31.6. The lowest BCUT2D eigenvalue weighted by molar-refractivity contribution is -0.149. The predicted octanol–water partition coefficient (Wildman–Crippen LogP) is 4.29. The van der Waals surface area contributed by atoms with Gasteiger partial charge in [0, 0.05) is 26.2 Å². The number of benzene rings is 1. The van der Waals surface area contributed by atoms with Crippen LogP contribution in [0.1, 0.15) is 62.5 Å². The van der Waals surface area contributed by atoms with Crippen molar-refractivity contribution in [1.29, 1.82) is 0 Å². The number of allylic oxidation sites excluding steroid dienone is 2. The van der Waals surface area contributed by atoms with E-state index in [1.54, 1.807) is 0 Å². The second-order valence-corrected chi connectivity index (χ2v) is 9.60. The summed E-state index contributed by atoms with van der Waals surface area (Å²) < 4.78 is 0. The number of rotatable bonds is 2. The first-order valence-corrected chi connectivity index (χ1v) is 12.1. The van der Waals surface area contributed by atoms with E-state index in [0.717, 1.165) is 64.7 Å². The molecule has 0 aromatic heterocycles. The molecule has 0 bridgehead atoms. The summed E-state index contributed by atoms with van der Waals surface area (Å²) in [7, 11) is 0. The zero-order valence-electron chi connectivity index (χ0n) is 18.0. The van der Waals surface area contributed by atoms with E-state index in [2.05, 4.69) is 40.1 Å². The van der Waals surface area contributed by atoms with Gasteiger partial charge in [0.15, 0.2) is 0 Å². The molecular formula is C26H34N2O2. The molecule has 0 radical (unpaired) electrons. The SMILES string of the molecule is O=C([C@H]1[C@@H](C(=O)N2CCCCC2)CC=C2c3ccccc3CC[C@H]21)N1CCCCC1. The smallest absolute Gasteiger partial charge is 0.227 e. The second-order valence-electron chi connectivity index (χ2n) is 9.60. The molecule has 0 saturated carbocycles. The quantitative estimate of drug-likeness (QED) is 0.735. The fourth-order valence-corrected chi connectivity index (χ4v) is 6.27. The van der Waals surface area contributed by atoms with Crippen molar-refractivity contribution in [2.24, 2.45) is 17.8 Å². The van der Waals surface area contributed by atoms with Gasteiger partial charge in [-0.25, -0.2) is 0 Å². The predicted molar refractivity (Wildman–Crippen MR) is 119 cm³/mol. The third-order valence-electron chi connectivity index (χ3n) is 7.85. The van der Waals surface area contributed by atoms with Crippen LogP contribution in [0.5, 0.6) is 0 Å². The van der Waals surface area contributed by atoms with Crippen LogP contribution < -0.4 is 0 Å². The number of carbonyl (C=O) groups is 2. The van der Waals surface area contributed by atoms with Crippen LogP contribution in [0.25, 0.3) is 5.57 Å². The summed E-state index contributed by atoms with van der Waals surface area (Å²) in [6, 6.07) is 8.65. The van der Waals surface area contributed by atoms with Crippen LogP contribution in [-0.2, 0) is 16.0 Å². The maximum atomic E-state index is 13.8. The Kier molecular flexibility index (Phi) is 5.66. The average Bonchev–Trinajstić information content (AvgIpc) is 2.83. The van der Waals surface area contributed by atoms with Crippen LogP contribution in [0.3, 0.4) is 0 Å². The maximum Gasteiger partial charge on any atom is 0.227 e. The number of hydrogen-bond donors (Lipinski definition) is 0. The molecule has 2 saturated heterocycles. The van der Waals surface area contributed by atoms with Gasteiger partial charge >= 0.3 is 0 Å². The lowest BCUT2D eigenvalue weighted by atomic mass is 9.64. The topological polar surface area (TPSA) is 40.6 Å². The Hall–Kier alpha value is -2.10. The molecule has 2 aliphatic carbocycles. The molecule has 30 heavy (non-hydrogen) atoms. The molecule has 2 heterocycles. The van der Waals surface area contributed by atoms with E-state index < -0.39 is 0 Å². The van der Waals surface area contributed by atoms with Gasteiger partial charge in [0.05, 0.1) is 11.8 Å². The van der Waals surface area contributed by atoms with Crippen molar-refractivity contribution in [2.75, 3.05) is 26.2 Å². The standard InChI is InChI=1S/C26H34N2O2/c29-25(27-15-5-1-6-16-27)23-14-13-21-20-10-4-3-9-19(20)11-12-22(21)24(23)26(30)28-17-7-2-8-18-28/h3-4,9-10,13,22-24H,1-2,5-8,11-12,14-18H2/t22-,23+,24-/m1/s1. The zero-order chi connectivity index (χ0) is 20.5. The Labute approximate surface area is 180 Å². The molecule has 0 spiro atoms. The number of piperidine rings is 2. The largest absolute Gasteiger partial charge is 0.342 e. The summed E-state index contributed by atoms with van der Waals surface area (Å²) in [6.07, 6.45) is 11.8. The molecule has 0 unspecified atom stereocenters. The molecule has 5 rings (SSSR count). The van der Waals surface area contributed by atoms with Crippen molar-refractivity contribution in [3.8, 4) is 0 Å². The lowest BCUT2D eigenvalue weighted by Gasteiger charge is -2.44. The van der Waals surface area contributed by atoms with Gasteiger partial charge in [-0.2, -0.15) is 0 Å². The van der Waals surface area contributed by atoms with Crippen LogP contribution in [0.2, 0.25) is 0 Å². The highest BCUT2D eigenvalue weighted by Crippen LogP contribution is 2.47. The van der Waals surface area contributed by atoms with Crippen LogP contribution >= 0.6 is 0 Å². The molecule has 4 heteroatoms. The van der Waals surface area contributed by atoms with Crippen LogP contribution in [-0.4, -0.2) is 47.8 Å². The first-order valence-electron chi connectivity index (χ1n) is 12.1. The normalized spacial score (nSPS) is 28.9. The van der Waals surface area contributed by atoms with E-state index >= 15 is 0 Å². The molecule has 2 amide bonds. The Bertz CT molecular complexity index is 833.